The second kappa shape index (κ2) is 5.59. The summed E-state index contributed by atoms with van der Waals surface area (Å²) in [6.07, 6.45) is 3.36. The van der Waals surface area contributed by atoms with Gasteiger partial charge in [-0.3, -0.25) is 4.99 Å². The van der Waals surface area contributed by atoms with Crippen molar-refractivity contribution in [1.82, 2.24) is 0 Å². The second-order valence-electron chi connectivity index (χ2n) is 5.03. The Morgan fingerprint density at radius 1 is 1.25 bits per heavy atom. The maximum absolute atomic E-state index is 7.38. The van der Waals surface area contributed by atoms with Gasteiger partial charge in [-0.15, -0.1) is 0 Å². The van der Waals surface area contributed by atoms with E-state index in [1.165, 1.54) is 11.8 Å². The standard InChI is InChI=1S/C14H20N2/c1-14(2,3)13(9-15)11-16-10-12-7-5-4-6-8-12/h4-9,11,13,15H,10H2,1-3H3. The summed E-state index contributed by atoms with van der Waals surface area (Å²) >= 11 is 0. The predicted octanol–water partition coefficient (Wildman–Crippen LogP) is 3.57. The lowest BCUT2D eigenvalue weighted by Crippen LogP contribution is -2.22. The lowest BCUT2D eigenvalue weighted by molar-refractivity contribution is 0.386. The SMILES string of the molecule is CC(C)(C)C(C=N)C=NCc1ccccc1. The molecular weight excluding hydrogens is 196 g/mol. The van der Waals surface area contributed by atoms with E-state index in [2.05, 4.69) is 37.9 Å². The number of hydrogen-bond donors (Lipinski definition) is 1. The quantitative estimate of drug-likeness (QED) is 0.747. The van der Waals surface area contributed by atoms with E-state index in [1.54, 1.807) is 0 Å². The Morgan fingerprint density at radius 3 is 2.38 bits per heavy atom. The zero-order valence-electron chi connectivity index (χ0n) is 10.3. The second-order valence-corrected chi connectivity index (χ2v) is 5.03. The molecule has 0 aliphatic carbocycles. The molecule has 1 atom stereocenters. The van der Waals surface area contributed by atoms with Crippen molar-refractivity contribution < 1.29 is 0 Å². The van der Waals surface area contributed by atoms with Gasteiger partial charge in [0.05, 0.1) is 6.54 Å². The van der Waals surface area contributed by atoms with Crippen LogP contribution < -0.4 is 0 Å². The summed E-state index contributed by atoms with van der Waals surface area (Å²) in [6.45, 7) is 7.06. The first-order valence-corrected chi connectivity index (χ1v) is 5.58. The van der Waals surface area contributed by atoms with Gasteiger partial charge in [0.2, 0.25) is 0 Å². The van der Waals surface area contributed by atoms with E-state index in [4.69, 9.17) is 5.41 Å². The Hall–Kier alpha value is -1.44. The lowest BCUT2D eigenvalue weighted by Gasteiger charge is -2.23. The van der Waals surface area contributed by atoms with E-state index >= 15 is 0 Å². The van der Waals surface area contributed by atoms with Crippen LogP contribution in [0, 0.1) is 16.7 Å². The molecule has 1 rings (SSSR count). The fourth-order valence-corrected chi connectivity index (χ4v) is 1.37. The summed E-state index contributed by atoms with van der Waals surface area (Å²) < 4.78 is 0. The van der Waals surface area contributed by atoms with Gasteiger partial charge in [0.1, 0.15) is 0 Å². The molecule has 0 bridgehead atoms. The largest absolute Gasteiger partial charge is 0.312 e. The Bertz CT molecular complexity index is 347. The summed E-state index contributed by atoms with van der Waals surface area (Å²) in [6, 6.07) is 10.2. The molecule has 16 heavy (non-hydrogen) atoms. The van der Waals surface area contributed by atoms with Crippen LogP contribution in [-0.2, 0) is 6.54 Å². The molecule has 0 aliphatic rings. The number of nitrogens with zero attached hydrogens (tertiary/aromatic N) is 1. The molecule has 2 heteroatoms. The minimum atomic E-state index is 0.0714. The molecule has 1 aromatic carbocycles. The molecule has 1 unspecified atom stereocenters. The van der Waals surface area contributed by atoms with Crippen molar-refractivity contribution in [2.45, 2.75) is 27.3 Å². The summed E-state index contributed by atoms with van der Waals surface area (Å²) in [5.41, 5.74) is 1.28. The summed E-state index contributed by atoms with van der Waals surface area (Å²) in [5.74, 6) is 0.108. The molecule has 0 saturated carbocycles. The van der Waals surface area contributed by atoms with Gasteiger partial charge in [0.25, 0.3) is 0 Å². The molecule has 1 N–H and O–H groups in total. The number of nitrogens with one attached hydrogen (secondary N) is 1. The van der Waals surface area contributed by atoms with E-state index < -0.39 is 0 Å². The minimum Gasteiger partial charge on any atom is -0.312 e. The summed E-state index contributed by atoms with van der Waals surface area (Å²) in [5, 5.41) is 7.38. The van der Waals surface area contributed by atoms with Gasteiger partial charge in [-0.25, -0.2) is 0 Å². The van der Waals surface area contributed by atoms with Crippen molar-refractivity contribution in [3.63, 3.8) is 0 Å². The molecule has 0 aliphatic heterocycles. The normalized spacial score (nSPS) is 13.9. The molecule has 0 heterocycles. The van der Waals surface area contributed by atoms with Gasteiger partial charge in [-0.05, 0) is 11.0 Å². The Kier molecular flexibility index (Phi) is 4.41. The van der Waals surface area contributed by atoms with Crippen molar-refractivity contribution in [3.8, 4) is 0 Å². The van der Waals surface area contributed by atoms with Crippen LogP contribution in [0.2, 0.25) is 0 Å². The van der Waals surface area contributed by atoms with Crippen LogP contribution in [0.15, 0.2) is 35.3 Å². The van der Waals surface area contributed by atoms with E-state index in [0.717, 1.165) is 0 Å². The maximum atomic E-state index is 7.38. The van der Waals surface area contributed by atoms with Gasteiger partial charge in [-0.2, -0.15) is 0 Å². The van der Waals surface area contributed by atoms with Crippen LogP contribution in [0.4, 0.5) is 0 Å². The molecule has 0 saturated heterocycles. The third-order valence-electron chi connectivity index (χ3n) is 2.56. The van der Waals surface area contributed by atoms with Gasteiger partial charge in [0.15, 0.2) is 0 Å². The van der Waals surface area contributed by atoms with Crippen LogP contribution in [0.1, 0.15) is 26.3 Å². The molecule has 1 aromatic rings. The van der Waals surface area contributed by atoms with E-state index in [0.29, 0.717) is 6.54 Å². The highest BCUT2D eigenvalue weighted by atomic mass is 14.7. The predicted molar refractivity (Wildman–Crippen MR) is 70.4 cm³/mol. The number of benzene rings is 1. The lowest BCUT2D eigenvalue weighted by atomic mass is 9.82. The smallest absolute Gasteiger partial charge is 0.0636 e. The fourth-order valence-electron chi connectivity index (χ4n) is 1.37. The fraction of sp³-hybridized carbons (Fsp3) is 0.429. The first-order chi connectivity index (χ1) is 7.54. The first kappa shape index (κ1) is 12.6. The van der Waals surface area contributed by atoms with Gasteiger partial charge in [0, 0.05) is 18.3 Å². The summed E-state index contributed by atoms with van der Waals surface area (Å²) in [7, 11) is 0. The molecule has 0 aromatic heterocycles. The van der Waals surface area contributed by atoms with E-state index in [-0.39, 0.29) is 11.3 Å². The Balaban J connectivity index is 2.57. The van der Waals surface area contributed by atoms with Gasteiger partial charge in [-0.1, -0.05) is 51.1 Å². The maximum Gasteiger partial charge on any atom is 0.0636 e. The Labute approximate surface area is 97.9 Å². The number of hydrogen-bond acceptors (Lipinski definition) is 2. The van der Waals surface area contributed by atoms with Crippen molar-refractivity contribution in [2.24, 2.45) is 16.3 Å². The highest BCUT2D eigenvalue weighted by Crippen LogP contribution is 2.22. The average molecular weight is 216 g/mol. The zero-order valence-corrected chi connectivity index (χ0v) is 10.3. The van der Waals surface area contributed by atoms with Crippen LogP contribution in [0.3, 0.4) is 0 Å². The molecular formula is C14H20N2. The highest BCUT2D eigenvalue weighted by molar-refractivity contribution is 5.82. The van der Waals surface area contributed by atoms with Crippen molar-refractivity contribution >= 4 is 12.4 Å². The molecule has 0 radical (unpaired) electrons. The van der Waals surface area contributed by atoms with Crippen LogP contribution in [0.5, 0.6) is 0 Å². The number of aliphatic imine (C=N–C) groups is 1. The van der Waals surface area contributed by atoms with Crippen molar-refractivity contribution in [3.05, 3.63) is 35.9 Å². The van der Waals surface area contributed by atoms with Crippen molar-refractivity contribution in [1.29, 1.82) is 5.41 Å². The van der Waals surface area contributed by atoms with E-state index in [1.807, 2.05) is 24.4 Å². The number of rotatable bonds is 4. The zero-order chi connectivity index (χ0) is 12.0. The van der Waals surface area contributed by atoms with Crippen LogP contribution >= 0.6 is 0 Å². The third-order valence-corrected chi connectivity index (χ3v) is 2.56. The third kappa shape index (κ3) is 3.97. The highest BCUT2D eigenvalue weighted by Gasteiger charge is 2.20. The summed E-state index contributed by atoms with van der Waals surface area (Å²) in [4.78, 5) is 4.40. The minimum absolute atomic E-state index is 0.0714. The van der Waals surface area contributed by atoms with Gasteiger partial charge >= 0.3 is 0 Å². The van der Waals surface area contributed by atoms with Gasteiger partial charge < -0.3 is 5.41 Å². The van der Waals surface area contributed by atoms with Crippen LogP contribution in [0.25, 0.3) is 0 Å². The topological polar surface area (TPSA) is 36.2 Å². The van der Waals surface area contributed by atoms with E-state index in [9.17, 15) is 0 Å². The Morgan fingerprint density at radius 2 is 1.88 bits per heavy atom. The monoisotopic (exact) mass is 216 g/mol. The average Bonchev–Trinajstić information content (AvgIpc) is 2.24. The van der Waals surface area contributed by atoms with Crippen molar-refractivity contribution in [2.75, 3.05) is 0 Å². The molecule has 2 nitrogen and oxygen atoms in total. The molecule has 0 fully saturated rings. The first-order valence-electron chi connectivity index (χ1n) is 5.58. The molecule has 0 amide bonds. The molecule has 86 valence electrons. The van der Waals surface area contributed by atoms with Crippen LogP contribution in [-0.4, -0.2) is 12.4 Å². The molecule has 0 spiro atoms.